The number of carbonyl (C=O) groups excluding carboxylic acids is 4. The van der Waals surface area contributed by atoms with Gasteiger partial charge in [-0.1, -0.05) is 383 Å². The normalized spacial score (nSPS) is 14.5. The summed E-state index contributed by atoms with van der Waals surface area (Å²) in [6.45, 7) is 14.3. The molecular weight excluding hydrogens is 1340 g/mol. The van der Waals surface area contributed by atoms with E-state index in [0.29, 0.717) is 25.7 Å². The van der Waals surface area contributed by atoms with Crippen molar-refractivity contribution in [2.45, 2.75) is 453 Å². The van der Waals surface area contributed by atoms with Crippen molar-refractivity contribution in [3.63, 3.8) is 0 Å². The fraction of sp³-hybridized carbons (Fsp3) is 0.952. The molecule has 0 aromatic heterocycles. The zero-order valence-electron chi connectivity index (χ0n) is 68.0. The highest BCUT2D eigenvalue weighted by molar-refractivity contribution is 7.47. The molecule has 0 aromatic rings. The molecule has 7 atom stereocenters. The number of aliphatic hydroxyl groups excluding tert-OH is 1. The van der Waals surface area contributed by atoms with Crippen LogP contribution in [0, 0.1) is 23.7 Å². The molecule has 0 fully saturated rings. The molecule has 0 spiro atoms. The molecule has 0 amide bonds. The minimum absolute atomic E-state index is 0.104. The molecule has 0 saturated heterocycles. The third-order valence-electron chi connectivity index (χ3n) is 20.3. The molecule has 3 N–H and O–H groups in total. The zero-order valence-corrected chi connectivity index (χ0v) is 69.7. The molecule has 103 heavy (non-hydrogen) atoms. The van der Waals surface area contributed by atoms with Crippen molar-refractivity contribution in [2.75, 3.05) is 39.6 Å². The Bertz CT molecular complexity index is 2010. The standard InChI is InChI=1S/C84H164O17P2/c1-9-76(7)62-54-46-38-32-34-41-49-57-65-82(87)95-71-80(101-84(89)67-59-51-43-35-33-39-47-55-63-77(8)10-2)73-99-103(92,93)97-69-78(85)68-96-102(90,91)98-72-79(70-94-81(86)64-56-48-40-30-26-22-19-15-17-21-25-29-37-45-53-61-75(5)6)100-83(88)66-58-50-42-31-27-23-18-14-12-11-13-16-20-24-28-36-44-52-60-74(3)4/h74-80,85H,9-73H2,1-8H3,(H,90,91)(H,92,93)/t76?,77?,78-,79-,80-/m1/s1. The molecule has 17 nitrogen and oxygen atoms in total. The maximum Gasteiger partial charge on any atom is 0.472 e. The highest BCUT2D eigenvalue weighted by atomic mass is 31.2. The van der Waals surface area contributed by atoms with Crippen LogP contribution in [0.4, 0.5) is 0 Å². The topological polar surface area (TPSA) is 237 Å². The smallest absolute Gasteiger partial charge is 0.462 e. The lowest BCUT2D eigenvalue weighted by Gasteiger charge is -2.21. The Balaban J connectivity index is 5.24. The van der Waals surface area contributed by atoms with E-state index in [1.165, 1.54) is 238 Å². The van der Waals surface area contributed by atoms with Crippen molar-refractivity contribution in [3.05, 3.63) is 0 Å². The van der Waals surface area contributed by atoms with E-state index < -0.39 is 97.5 Å². The fourth-order valence-electron chi connectivity index (χ4n) is 12.9. The van der Waals surface area contributed by atoms with Gasteiger partial charge in [-0.25, -0.2) is 9.13 Å². The lowest BCUT2D eigenvalue weighted by Crippen LogP contribution is -2.30. The lowest BCUT2D eigenvalue weighted by molar-refractivity contribution is -0.161. The summed E-state index contributed by atoms with van der Waals surface area (Å²) in [7, 11) is -9.93. The summed E-state index contributed by atoms with van der Waals surface area (Å²) < 4.78 is 68.8. The Morgan fingerprint density at radius 2 is 0.466 bits per heavy atom. The Hall–Kier alpha value is -1.94. The van der Waals surface area contributed by atoms with Gasteiger partial charge >= 0.3 is 39.5 Å². The largest absolute Gasteiger partial charge is 0.472 e. The van der Waals surface area contributed by atoms with Gasteiger partial charge in [0.1, 0.15) is 19.3 Å². The molecule has 0 bridgehead atoms. The van der Waals surface area contributed by atoms with Crippen LogP contribution in [0.5, 0.6) is 0 Å². The molecule has 0 aromatic carbocycles. The second kappa shape index (κ2) is 72.9. The van der Waals surface area contributed by atoms with Crippen LogP contribution in [0.2, 0.25) is 0 Å². The number of aliphatic hydroxyl groups is 1. The molecule has 0 radical (unpaired) electrons. The summed E-state index contributed by atoms with van der Waals surface area (Å²) in [5, 5.41) is 10.7. The first kappa shape index (κ1) is 101. The van der Waals surface area contributed by atoms with E-state index in [-0.39, 0.29) is 25.7 Å². The fourth-order valence-corrected chi connectivity index (χ4v) is 14.5. The molecule has 19 heteroatoms. The van der Waals surface area contributed by atoms with E-state index in [0.717, 1.165) is 114 Å². The third kappa shape index (κ3) is 75.3. The Labute approximate surface area is 632 Å². The summed E-state index contributed by atoms with van der Waals surface area (Å²) in [5.41, 5.74) is 0. The van der Waals surface area contributed by atoms with Gasteiger partial charge in [-0.2, -0.15) is 0 Å². The van der Waals surface area contributed by atoms with Gasteiger partial charge in [0.25, 0.3) is 0 Å². The molecule has 0 saturated carbocycles. The highest BCUT2D eigenvalue weighted by Crippen LogP contribution is 2.45. The van der Waals surface area contributed by atoms with Crippen molar-refractivity contribution in [2.24, 2.45) is 23.7 Å². The first-order valence-electron chi connectivity index (χ1n) is 43.3. The van der Waals surface area contributed by atoms with Gasteiger partial charge in [0.2, 0.25) is 0 Å². The van der Waals surface area contributed by atoms with Crippen molar-refractivity contribution in [1.29, 1.82) is 0 Å². The van der Waals surface area contributed by atoms with E-state index in [2.05, 4.69) is 55.4 Å². The van der Waals surface area contributed by atoms with Crippen molar-refractivity contribution < 1.29 is 80.2 Å². The number of hydrogen-bond acceptors (Lipinski definition) is 15. The Kier molecular flexibility index (Phi) is 71.5. The summed E-state index contributed by atoms with van der Waals surface area (Å²) >= 11 is 0. The molecule has 0 aliphatic heterocycles. The van der Waals surface area contributed by atoms with Gasteiger partial charge < -0.3 is 33.8 Å². The monoisotopic (exact) mass is 1510 g/mol. The Morgan fingerprint density at radius 1 is 0.272 bits per heavy atom. The summed E-state index contributed by atoms with van der Waals surface area (Å²) in [5.74, 6) is 1.06. The maximum atomic E-state index is 13.1. The van der Waals surface area contributed by atoms with Crippen molar-refractivity contribution in [1.82, 2.24) is 0 Å². The number of ether oxygens (including phenoxy) is 4. The number of esters is 4. The predicted molar refractivity (Wildman–Crippen MR) is 423 cm³/mol. The van der Waals surface area contributed by atoms with Gasteiger partial charge in [-0.3, -0.25) is 37.3 Å². The molecule has 0 aliphatic rings. The summed E-state index contributed by atoms with van der Waals surface area (Å²) in [6.07, 6.45) is 61.0. The number of carbonyl (C=O) groups is 4. The number of phosphoric acid groups is 2. The molecule has 0 aliphatic carbocycles. The minimum atomic E-state index is -4.97. The van der Waals surface area contributed by atoms with Crippen LogP contribution in [-0.2, 0) is 65.4 Å². The van der Waals surface area contributed by atoms with Gasteiger partial charge in [0, 0.05) is 25.7 Å². The van der Waals surface area contributed by atoms with E-state index in [4.69, 9.17) is 37.0 Å². The number of unbranched alkanes of at least 4 members (excludes halogenated alkanes) is 45. The molecule has 4 unspecified atom stereocenters. The summed E-state index contributed by atoms with van der Waals surface area (Å²) in [4.78, 5) is 73.1. The van der Waals surface area contributed by atoms with Crippen LogP contribution in [-0.4, -0.2) is 96.7 Å². The molecular formula is C84H164O17P2. The molecule has 0 heterocycles. The minimum Gasteiger partial charge on any atom is -0.462 e. The first-order chi connectivity index (χ1) is 49.7. The lowest BCUT2D eigenvalue weighted by atomic mass is 9.99. The maximum absolute atomic E-state index is 13.1. The second-order valence-corrected chi connectivity index (χ2v) is 34.6. The van der Waals surface area contributed by atoms with Crippen molar-refractivity contribution >= 4 is 39.5 Å². The van der Waals surface area contributed by atoms with Gasteiger partial charge in [0.05, 0.1) is 26.4 Å². The van der Waals surface area contributed by atoms with E-state index >= 15 is 0 Å². The number of phosphoric ester groups is 2. The van der Waals surface area contributed by atoms with Crippen LogP contribution in [0.25, 0.3) is 0 Å². The van der Waals surface area contributed by atoms with Gasteiger partial charge in [0.15, 0.2) is 12.2 Å². The van der Waals surface area contributed by atoms with Crippen molar-refractivity contribution in [3.8, 4) is 0 Å². The predicted octanol–water partition coefficient (Wildman–Crippen LogP) is 25.2. The van der Waals surface area contributed by atoms with E-state index in [1.54, 1.807) is 0 Å². The quantitative estimate of drug-likeness (QED) is 0.0222. The zero-order chi connectivity index (χ0) is 76.0. The van der Waals surface area contributed by atoms with E-state index in [9.17, 15) is 43.2 Å². The van der Waals surface area contributed by atoms with E-state index in [1.807, 2.05) is 0 Å². The summed E-state index contributed by atoms with van der Waals surface area (Å²) in [6, 6.07) is 0. The van der Waals surface area contributed by atoms with Crippen LogP contribution < -0.4 is 0 Å². The Morgan fingerprint density at radius 3 is 0.689 bits per heavy atom. The van der Waals surface area contributed by atoms with Gasteiger partial charge in [-0.05, 0) is 49.4 Å². The average Bonchev–Trinajstić information content (AvgIpc) is 0.944. The van der Waals surface area contributed by atoms with Crippen LogP contribution >= 0.6 is 15.6 Å². The van der Waals surface area contributed by atoms with Crippen LogP contribution in [0.3, 0.4) is 0 Å². The second-order valence-electron chi connectivity index (χ2n) is 31.7. The van der Waals surface area contributed by atoms with Crippen LogP contribution in [0.15, 0.2) is 0 Å². The first-order valence-corrected chi connectivity index (χ1v) is 46.3. The van der Waals surface area contributed by atoms with Gasteiger partial charge in [-0.15, -0.1) is 0 Å². The number of hydrogen-bond donors (Lipinski definition) is 3. The van der Waals surface area contributed by atoms with Crippen LogP contribution in [0.1, 0.15) is 434 Å². The third-order valence-corrected chi connectivity index (χ3v) is 22.2. The molecule has 0 rings (SSSR count). The highest BCUT2D eigenvalue weighted by Gasteiger charge is 2.30. The SMILES string of the molecule is CCC(C)CCCCCCCCCCC(=O)OC[C@H](COP(=O)(O)OC[C@H](O)COP(=O)(O)OC[C@@H](COC(=O)CCCCCCCCCCCCCCCCCC(C)C)OC(=O)CCCCCCCCCCCCCCCCCCCCC(C)C)OC(=O)CCCCCCCCCCC(C)CC. The average molecular weight is 1510 g/mol. The molecule has 612 valence electrons. The number of rotatable bonds is 81.